The molecule has 1 aromatic carbocycles. The molecule has 76 valence electrons. The normalized spacial score (nSPS) is 14.8. The molecule has 0 aliphatic heterocycles. The standard InChI is InChI=1S/C12H17NO/c1-8-4-6-11(7-5-8)9(2)10(3)12(13)14/h4-7,9-10H,1-3H3,(H2,13,14)/t9-,10?/m0/s1. The van der Waals surface area contributed by atoms with Gasteiger partial charge in [0, 0.05) is 5.92 Å². The number of aryl methyl sites for hydroxylation is 1. The maximum absolute atomic E-state index is 11.0. The molecule has 1 amide bonds. The fraction of sp³-hybridized carbons (Fsp3) is 0.417. The van der Waals surface area contributed by atoms with Crippen LogP contribution in [0.15, 0.2) is 24.3 Å². The minimum atomic E-state index is -0.238. The van der Waals surface area contributed by atoms with E-state index in [4.69, 9.17) is 5.73 Å². The van der Waals surface area contributed by atoms with E-state index in [0.29, 0.717) is 0 Å². The maximum atomic E-state index is 11.0. The highest BCUT2D eigenvalue weighted by atomic mass is 16.1. The third-order valence-electron chi connectivity index (χ3n) is 2.80. The van der Waals surface area contributed by atoms with Crippen molar-refractivity contribution in [2.75, 3.05) is 0 Å². The average molecular weight is 191 g/mol. The molecular formula is C12H17NO. The summed E-state index contributed by atoms with van der Waals surface area (Å²) in [6.07, 6.45) is 0. The molecular weight excluding hydrogens is 174 g/mol. The Balaban J connectivity index is 2.84. The van der Waals surface area contributed by atoms with Crippen LogP contribution in [0.3, 0.4) is 0 Å². The fourth-order valence-electron chi connectivity index (χ4n) is 1.41. The van der Waals surface area contributed by atoms with Gasteiger partial charge < -0.3 is 5.73 Å². The minimum absolute atomic E-state index is 0.113. The Labute approximate surface area is 85.1 Å². The molecule has 14 heavy (non-hydrogen) atoms. The first-order valence-electron chi connectivity index (χ1n) is 4.88. The highest BCUT2D eigenvalue weighted by molar-refractivity contribution is 5.77. The van der Waals surface area contributed by atoms with Crippen LogP contribution in [0.5, 0.6) is 0 Å². The van der Waals surface area contributed by atoms with E-state index in [1.54, 1.807) is 0 Å². The van der Waals surface area contributed by atoms with Crippen LogP contribution >= 0.6 is 0 Å². The Hall–Kier alpha value is -1.31. The molecule has 2 atom stereocenters. The van der Waals surface area contributed by atoms with E-state index < -0.39 is 0 Å². The summed E-state index contributed by atoms with van der Waals surface area (Å²) in [6.45, 7) is 5.94. The molecule has 0 radical (unpaired) electrons. The highest BCUT2D eigenvalue weighted by Gasteiger charge is 2.18. The van der Waals surface area contributed by atoms with Crippen LogP contribution in [0.4, 0.5) is 0 Å². The van der Waals surface area contributed by atoms with E-state index in [1.165, 1.54) is 11.1 Å². The Bertz CT molecular complexity index is 316. The number of carbonyl (C=O) groups is 1. The van der Waals surface area contributed by atoms with Gasteiger partial charge >= 0.3 is 0 Å². The predicted molar refractivity (Wildman–Crippen MR) is 58.0 cm³/mol. The molecule has 2 nitrogen and oxygen atoms in total. The van der Waals surface area contributed by atoms with E-state index >= 15 is 0 Å². The van der Waals surface area contributed by atoms with Gasteiger partial charge in [-0.1, -0.05) is 43.7 Å². The second kappa shape index (κ2) is 4.27. The van der Waals surface area contributed by atoms with E-state index in [1.807, 2.05) is 20.8 Å². The smallest absolute Gasteiger partial charge is 0.220 e. The molecule has 0 spiro atoms. The lowest BCUT2D eigenvalue weighted by molar-refractivity contribution is -0.121. The van der Waals surface area contributed by atoms with Gasteiger partial charge in [0.15, 0.2) is 0 Å². The van der Waals surface area contributed by atoms with Crippen molar-refractivity contribution >= 4 is 5.91 Å². The summed E-state index contributed by atoms with van der Waals surface area (Å²) in [4.78, 5) is 11.0. The largest absolute Gasteiger partial charge is 0.369 e. The Morgan fingerprint density at radius 3 is 2.14 bits per heavy atom. The molecule has 2 heteroatoms. The summed E-state index contributed by atoms with van der Waals surface area (Å²) in [5, 5.41) is 0. The van der Waals surface area contributed by atoms with Gasteiger partial charge in [0.1, 0.15) is 0 Å². The number of rotatable bonds is 3. The average Bonchev–Trinajstić information content (AvgIpc) is 2.16. The molecule has 0 aliphatic carbocycles. The van der Waals surface area contributed by atoms with Crippen molar-refractivity contribution in [1.29, 1.82) is 0 Å². The van der Waals surface area contributed by atoms with E-state index in [2.05, 4.69) is 24.3 Å². The molecule has 0 bridgehead atoms. The predicted octanol–water partition coefficient (Wildman–Crippen LogP) is 2.22. The third-order valence-corrected chi connectivity index (χ3v) is 2.80. The maximum Gasteiger partial charge on any atom is 0.220 e. The lowest BCUT2D eigenvalue weighted by Gasteiger charge is -2.17. The van der Waals surface area contributed by atoms with Gasteiger partial charge in [0.05, 0.1) is 0 Å². The molecule has 0 aromatic heterocycles. The minimum Gasteiger partial charge on any atom is -0.369 e. The van der Waals surface area contributed by atoms with Crippen molar-refractivity contribution in [3.63, 3.8) is 0 Å². The van der Waals surface area contributed by atoms with Gasteiger partial charge in [-0.05, 0) is 18.4 Å². The van der Waals surface area contributed by atoms with Crippen LogP contribution < -0.4 is 5.73 Å². The number of amides is 1. The van der Waals surface area contributed by atoms with E-state index in [9.17, 15) is 4.79 Å². The molecule has 0 heterocycles. The Morgan fingerprint density at radius 2 is 1.71 bits per heavy atom. The summed E-state index contributed by atoms with van der Waals surface area (Å²) >= 11 is 0. The second-order valence-electron chi connectivity index (χ2n) is 3.89. The number of primary amides is 1. The monoisotopic (exact) mass is 191 g/mol. The molecule has 1 aromatic rings. The lowest BCUT2D eigenvalue weighted by Crippen LogP contribution is -2.24. The topological polar surface area (TPSA) is 43.1 Å². The van der Waals surface area contributed by atoms with Crippen LogP contribution in [0, 0.1) is 12.8 Å². The van der Waals surface area contributed by atoms with Crippen molar-refractivity contribution < 1.29 is 4.79 Å². The summed E-state index contributed by atoms with van der Waals surface area (Å²) in [5.41, 5.74) is 7.66. The highest BCUT2D eigenvalue weighted by Crippen LogP contribution is 2.23. The van der Waals surface area contributed by atoms with Gasteiger partial charge in [-0.2, -0.15) is 0 Å². The summed E-state index contributed by atoms with van der Waals surface area (Å²) in [6, 6.07) is 8.22. The molecule has 2 N–H and O–H groups in total. The zero-order valence-electron chi connectivity index (χ0n) is 8.95. The zero-order chi connectivity index (χ0) is 10.7. The van der Waals surface area contributed by atoms with E-state index in [0.717, 1.165) is 0 Å². The number of nitrogens with two attached hydrogens (primary N) is 1. The van der Waals surface area contributed by atoms with Crippen LogP contribution in [0.2, 0.25) is 0 Å². The van der Waals surface area contributed by atoms with Gasteiger partial charge in [-0.25, -0.2) is 0 Å². The third kappa shape index (κ3) is 2.34. The summed E-state index contributed by atoms with van der Waals surface area (Å²) in [5.74, 6) is -0.163. The molecule has 0 saturated carbocycles. The zero-order valence-corrected chi connectivity index (χ0v) is 8.95. The lowest BCUT2D eigenvalue weighted by atomic mass is 9.88. The molecule has 1 unspecified atom stereocenters. The SMILES string of the molecule is Cc1ccc([C@@H](C)C(C)C(N)=O)cc1. The van der Waals surface area contributed by atoms with Crippen molar-refractivity contribution in [2.24, 2.45) is 11.7 Å². The van der Waals surface area contributed by atoms with Gasteiger partial charge in [-0.3, -0.25) is 4.79 Å². The molecule has 0 saturated heterocycles. The first kappa shape index (κ1) is 10.8. The van der Waals surface area contributed by atoms with Crippen molar-refractivity contribution in [2.45, 2.75) is 26.7 Å². The van der Waals surface area contributed by atoms with Crippen LogP contribution in [-0.4, -0.2) is 5.91 Å². The summed E-state index contributed by atoms with van der Waals surface area (Å²) in [7, 11) is 0. The van der Waals surface area contributed by atoms with Gasteiger partial charge in [0.2, 0.25) is 5.91 Å². The van der Waals surface area contributed by atoms with Crippen molar-refractivity contribution in [3.05, 3.63) is 35.4 Å². The second-order valence-corrected chi connectivity index (χ2v) is 3.89. The first-order chi connectivity index (χ1) is 6.52. The molecule has 0 fully saturated rings. The number of carbonyl (C=O) groups excluding carboxylic acids is 1. The van der Waals surface area contributed by atoms with Crippen LogP contribution in [0.25, 0.3) is 0 Å². The van der Waals surface area contributed by atoms with Gasteiger partial charge in [-0.15, -0.1) is 0 Å². The van der Waals surface area contributed by atoms with Crippen LogP contribution in [-0.2, 0) is 4.79 Å². The Morgan fingerprint density at radius 1 is 1.21 bits per heavy atom. The number of hydrogen-bond acceptors (Lipinski definition) is 1. The summed E-state index contributed by atoms with van der Waals surface area (Å²) < 4.78 is 0. The molecule has 0 aliphatic rings. The van der Waals surface area contributed by atoms with Gasteiger partial charge in [0.25, 0.3) is 0 Å². The number of benzene rings is 1. The molecule has 1 rings (SSSR count). The Kier molecular flexibility index (Phi) is 3.28. The first-order valence-corrected chi connectivity index (χ1v) is 4.88. The van der Waals surface area contributed by atoms with Crippen molar-refractivity contribution in [1.82, 2.24) is 0 Å². The van der Waals surface area contributed by atoms with Crippen molar-refractivity contribution in [3.8, 4) is 0 Å². The quantitative estimate of drug-likeness (QED) is 0.782. The van der Waals surface area contributed by atoms with E-state index in [-0.39, 0.29) is 17.7 Å². The number of hydrogen-bond donors (Lipinski definition) is 1. The van der Waals surface area contributed by atoms with Crippen LogP contribution in [0.1, 0.15) is 30.9 Å². The fourth-order valence-corrected chi connectivity index (χ4v) is 1.41.